The maximum absolute atomic E-state index is 11.2. The first-order valence-electron chi connectivity index (χ1n) is 12.1. The summed E-state index contributed by atoms with van der Waals surface area (Å²) in [5, 5.41) is 16.6. The van der Waals surface area contributed by atoms with Crippen LogP contribution in [0.5, 0.6) is 23.0 Å². The molecule has 192 valence electrons. The predicted molar refractivity (Wildman–Crippen MR) is 138 cm³/mol. The van der Waals surface area contributed by atoms with Gasteiger partial charge in [0, 0.05) is 29.3 Å². The summed E-state index contributed by atoms with van der Waals surface area (Å²) in [6.45, 7) is 1.02. The largest absolute Gasteiger partial charge is 1.00 e. The second-order valence-electron chi connectivity index (χ2n) is 9.39. The minimum absolute atomic E-state index is 0. The van der Waals surface area contributed by atoms with Crippen LogP contribution < -0.4 is 40.5 Å². The summed E-state index contributed by atoms with van der Waals surface area (Å²) < 4.78 is 25.5. The number of methoxy groups -OCH3 is 2. The lowest BCUT2D eigenvalue weighted by Gasteiger charge is -2.20. The summed E-state index contributed by atoms with van der Waals surface area (Å²) in [7, 11) is 3.31. The van der Waals surface area contributed by atoms with Gasteiger partial charge in [-0.1, -0.05) is 12.1 Å². The molecule has 38 heavy (non-hydrogen) atoms. The van der Waals surface area contributed by atoms with Crippen LogP contribution in [0.2, 0.25) is 0 Å². The van der Waals surface area contributed by atoms with Gasteiger partial charge in [0.15, 0.2) is 35.7 Å². The Morgan fingerprint density at radius 2 is 1.79 bits per heavy atom. The van der Waals surface area contributed by atoms with Gasteiger partial charge < -0.3 is 35.9 Å². The number of non-ortho nitro benzene ring substituents is 1. The zero-order valence-electron chi connectivity index (χ0n) is 20.7. The Morgan fingerprint density at radius 1 is 0.974 bits per heavy atom. The Morgan fingerprint density at radius 3 is 2.53 bits per heavy atom. The summed E-state index contributed by atoms with van der Waals surface area (Å²) in [4.78, 5) is 10.8. The number of fused-ring (bicyclic) bond motifs is 4. The highest BCUT2D eigenvalue weighted by Crippen LogP contribution is 2.48. The molecule has 3 heterocycles. The van der Waals surface area contributed by atoms with Crippen LogP contribution in [0.15, 0.2) is 54.7 Å². The first-order chi connectivity index (χ1) is 18.1. The van der Waals surface area contributed by atoms with E-state index < -0.39 is 0 Å². The van der Waals surface area contributed by atoms with Gasteiger partial charge in [-0.15, -0.1) is 0 Å². The van der Waals surface area contributed by atoms with Gasteiger partial charge in [-0.2, -0.15) is 4.57 Å². The van der Waals surface area contributed by atoms with E-state index >= 15 is 0 Å². The minimum atomic E-state index is -0.377. The molecule has 1 aromatic heterocycles. The van der Waals surface area contributed by atoms with Crippen LogP contribution in [0.1, 0.15) is 16.7 Å². The smallest absolute Gasteiger partial charge is 0.269 e. The van der Waals surface area contributed by atoms with Crippen molar-refractivity contribution in [3.05, 3.63) is 81.5 Å². The number of aryl methyl sites for hydroxylation is 2. The van der Waals surface area contributed by atoms with Crippen molar-refractivity contribution in [1.29, 1.82) is 0 Å². The van der Waals surface area contributed by atoms with Crippen LogP contribution in [0.25, 0.3) is 32.4 Å². The molecule has 0 saturated carbocycles. The second kappa shape index (κ2) is 9.02. The molecule has 0 bridgehead atoms. The number of nitrogens with zero attached hydrogens (tertiary/aromatic N) is 2. The molecule has 0 radical (unpaired) electrons. The van der Waals surface area contributed by atoms with Crippen molar-refractivity contribution < 1.29 is 45.4 Å². The molecule has 0 saturated heterocycles. The maximum Gasteiger partial charge on any atom is 0.269 e. The standard InChI is InChI=1S/C29H23N2O6.BrH/c1-34-23-8-7-20-21-12-18(11-16-3-5-19(6-4-16)31(32)33)26-25-17(13-24-29(26)37-15-36-24)9-10-30(27(21)25)14-22(20)28(23)35-2;/h3-8,12-14H,9-11,15H2,1-2H3;1H/q+1;/p-1. The van der Waals surface area contributed by atoms with E-state index in [1.807, 2.05) is 18.2 Å². The second-order valence-corrected chi connectivity index (χ2v) is 9.39. The Bertz CT molecular complexity index is 1790. The molecule has 0 atom stereocenters. The molecule has 8 nitrogen and oxygen atoms in total. The lowest BCUT2D eigenvalue weighted by atomic mass is 9.88. The molecular formula is C29H23BrN2O6. The van der Waals surface area contributed by atoms with Crippen LogP contribution in [-0.2, 0) is 19.4 Å². The van der Waals surface area contributed by atoms with E-state index in [4.69, 9.17) is 18.9 Å². The minimum Gasteiger partial charge on any atom is -1.00 e. The Labute approximate surface area is 228 Å². The van der Waals surface area contributed by atoms with Gasteiger partial charge in [0.1, 0.15) is 0 Å². The number of nitro groups is 1. The summed E-state index contributed by atoms with van der Waals surface area (Å²) in [5.41, 5.74) is 4.52. The van der Waals surface area contributed by atoms with E-state index in [1.165, 1.54) is 10.9 Å². The fourth-order valence-corrected chi connectivity index (χ4v) is 5.87. The van der Waals surface area contributed by atoms with Gasteiger partial charge in [0.25, 0.3) is 5.69 Å². The van der Waals surface area contributed by atoms with E-state index in [-0.39, 0.29) is 34.4 Å². The number of nitro benzene ring substituents is 1. The highest BCUT2D eigenvalue weighted by Gasteiger charge is 2.31. The van der Waals surface area contributed by atoms with Gasteiger partial charge in [-0.25, -0.2) is 0 Å². The summed E-state index contributed by atoms with van der Waals surface area (Å²) in [6.07, 6.45) is 3.61. The third kappa shape index (κ3) is 3.45. The molecular weight excluding hydrogens is 552 g/mol. The van der Waals surface area contributed by atoms with E-state index in [0.717, 1.165) is 62.7 Å². The molecule has 4 aromatic carbocycles. The van der Waals surface area contributed by atoms with E-state index in [0.29, 0.717) is 17.9 Å². The average Bonchev–Trinajstić information content (AvgIpc) is 3.39. The number of hydrogen-bond donors (Lipinski definition) is 0. The van der Waals surface area contributed by atoms with Crippen LogP contribution in [-0.4, -0.2) is 25.9 Å². The molecule has 9 heteroatoms. The van der Waals surface area contributed by atoms with Crippen LogP contribution in [0.4, 0.5) is 5.69 Å². The van der Waals surface area contributed by atoms with Crippen LogP contribution in [0.3, 0.4) is 0 Å². The quantitative estimate of drug-likeness (QED) is 0.138. The normalized spacial score (nSPS) is 13.2. The van der Waals surface area contributed by atoms with Crippen LogP contribution in [0, 0.1) is 10.1 Å². The van der Waals surface area contributed by atoms with E-state index in [2.05, 4.69) is 29.0 Å². The average molecular weight is 575 g/mol. The van der Waals surface area contributed by atoms with Crippen molar-refractivity contribution in [3.8, 4) is 23.0 Å². The highest BCUT2D eigenvalue weighted by atomic mass is 79.9. The van der Waals surface area contributed by atoms with E-state index in [9.17, 15) is 10.1 Å². The molecule has 0 amide bonds. The van der Waals surface area contributed by atoms with Crippen LogP contribution >= 0.6 is 0 Å². The van der Waals surface area contributed by atoms with Gasteiger partial charge in [-0.05, 0) is 47.4 Å². The molecule has 0 spiro atoms. The Kier molecular flexibility index (Phi) is 5.75. The van der Waals surface area contributed by atoms with Crippen molar-refractivity contribution >= 4 is 38.1 Å². The molecule has 0 unspecified atom stereocenters. The number of hydrogen-bond acceptors (Lipinski definition) is 6. The zero-order valence-corrected chi connectivity index (χ0v) is 22.3. The fraction of sp³-hybridized carbons (Fsp3) is 0.207. The first kappa shape index (κ1) is 24.2. The lowest BCUT2D eigenvalue weighted by Crippen LogP contribution is -3.00. The SMILES string of the molecule is COc1ccc2c(c[n+]3c4c2cc(Cc2ccc([N+](=O)[O-])cc2)c2c5c(cc(c24)CC3)OCO5)c1OC.[Br-]. The number of pyridine rings is 1. The van der Waals surface area contributed by atoms with Gasteiger partial charge in [0.05, 0.1) is 35.3 Å². The third-order valence-electron chi connectivity index (χ3n) is 7.49. The molecule has 7 rings (SSSR count). The molecule has 0 fully saturated rings. The number of aromatic nitrogens is 1. The van der Waals surface area contributed by atoms with Crippen molar-refractivity contribution in [2.75, 3.05) is 21.0 Å². The molecule has 0 aliphatic carbocycles. The van der Waals surface area contributed by atoms with Crippen molar-refractivity contribution in [2.24, 2.45) is 0 Å². The first-order valence-corrected chi connectivity index (χ1v) is 12.1. The van der Waals surface area contributed by atoms with Gasteiger partial charge >= 0.3 is 0 Å². The number of rotatable bonds is 5. The van der Waals surface area contributed by atoms with Gasteiger partial charge in [0.2, 0.25) is 12.3 Å². The van der Waals surface area contributed by atoms with Crippen molar-refractivity contribution in [1.82, 2.24) is 0 Å². The Balaban J connectivity index is 0.00000264. The number of halogens is 1. The number of ether oxygens (including phenoxy) is 4. The fourth-order valence-electron chi connectivity index (χ4n) is 5.87. The zero-order chi connectivity index (χ0) is 25.3. The lowest BCUT2D eigenvalue weighted by molar-refractivity contribution is -0.670. The van der Waals surface area contributed by atoms with Crippen molar-refractivity contribution in [2.45, 2.75) is 19.4 Å². The maximum atomic E-state index is 11.2. The third-order valence-corrected chi connectivity index (χ3v) is 7.49. The highest BCUT2D eigenvalue weighted by molar-refractivity contribution is 6.18. The summed E-state index contributed by atoms with van der Waals surface area (Å²) in [6, 6.07) is 15.1. The topological polar surface area (TPSA) is 83.9 Å². The monoisotopic (exact) mass is 574 g/mol. The Hall–Kier alpha value is -4.11. The molecule has 0 N–H and O–H groups in total. The van der Waals surface area contributed by atoms with Gasteiger partial charge in [-0.3, -0.25) is 10.1 Å². The number of benzene rings is 4. The molecule has 2 aliphatic heterocycles. The molecule has 5 aromatic rings. The summed E-state index contributed by atoms with van der Waals surface area (Å²) >= 11 is 0. The van der Waals surface area contributed by atoms with E-state index in [1.54, 1.807) is 26.4 Å². The molecule has 2 aliphatic rings. The predicted octanol–water partition coefficient (Wildman–Crippen LogP) is 2.24. The summed E-state index contributed by atoms with van der Waals surface area (Å²) in [5.74, 6) is 2.93. The van der Waals surface area contributed by atoms with Crippen molar-refractivity contribution in [3.63, 3.8) is 0 Å².